The zero-order chi connectivity index (χ0) is 9.90. The van der Waals surface area contributed by atoms with Crippen LogP contribution in [0.25, 0.3) is 0 Å². The van der Waals surface area contributed by atoms with Crippen LogP contribution in [-0.2, 0) is 9.53 Å². The third-order valence-electron chi connectivity index (χ3n) is 1.90. The van der Waals surface area contributed by atoms with E-state index in [4.69, 9.17) is 4.74 Å². The van der Waals surface area contributed by atoms with Gasteiger partial charge in [0.1, 0.15) is 0 Å². The molecule has 1 heterocycles. The third-order valence-corrected chi connectivity index (χ3v) is 1.90. The van der Waals surface area contributed by atoms with Crippen LogP contribution in [0.5, 0.6) is 0 Å². The number of rotatable bonds is 0. The molecule has 0 aromatic rings. The molecule has 76 valence electrons. The molecule has 0 bridgehead atoms. The Morgan fingerprint density at radius 1 is 1.38 bits per heavy atom. The molecule has 1 rings (SSSR count). The summed E-state index contributed by atoms with van der Waals surface area (Å²) < 4.78 is 5.23. The van der Waals surface area contributed by atoms with Gasteiger partial charge in [-0.25, -0.2) is 5.43 Å². The van der Waals surface area contributed by atoms with E-state index >= 15 is 0 Å². The Labute approximate surface area is 79.2 Å². The van der Waals surface area contributed by atoms with Crippen LogP contribution in [0, 0.1) is 5.41 Å². The van der Waals surface area contributed by atoms with E-state index in [0.717, 1.165) is 0 Å². The highest BCUT2D eigenvalue weighted by molar-refractivity contribution is 5.81. The number of carbonyl (C=O) groups excluding carboxylic acids is 1. The summed E-state index contributed by atoms with van der Waals surface area (Å²) in [4.78, 5) is 11.8. The van der Waals surface area contributed by atoms with Gasteiger partial charge in [-0.05, 0) is 0 Å². The van der Waals surface area contributed by atoms with E-state index in [0.29, 0.717) is 26.3 Å². The lowest BCUT2D eigenvalue weighted by Gasteiger charge is -2.27. The Hall–Kier alpha value is -0.610. The SMILES string of the molecule is CC(C)(C)C(=O)N1CCOCCN1. The van der Waals surface area contributed by atoms with E-state index in [9.17, 15) is 4.79 Å². The Bertz CT molecular complexity index is 179. The summed E-state index contributed by atoms with van der Waals surface area (Å²) in [6.45, 7) is 8.40. The van der Waals surface area contributed by atoms with Crippen molar-refractivity contribution in [1.29, 1.82) is 0 Å². The van der Waals surface area contributed by atoms with Gasteiger partial charge < -0.3 is 4.74 Å². The van der Waals surface area contributed by atoms with Gasteiger partial charge >= 0.3 is 0 Å². The summed E-state index contributed by atoms with van der Waals surface area (Å²) in [7, 11) is 0. The van der Waals surface area contributed by atoms with E-state index in [2.05, 4.69) is 5.43 Å². The van der Waals surface area contributed by atoms with Crippen LogP contribution >= 0.6 is 0 Å². The molecule has 1 fully saturated rings. The molecule has 0 unspecified atom stereocenters. The molecule has 1 amide bonds. The molecule has 4 heteroatoms. The molecular formula is C9H18N2O2. The number of hydrogen-bond donors (Lipinski definition) is 1. The Kier molecular flexibility index (Phi) is 3.27. The Balaban J connectivity index is 2.54. The standard InChI is InChI=1S/C9H18N2O2/c1-9(2,3)8(12)11-5-7-13-6-4-10-11/h10H,4-7H2,1-3H3. The van der Waals surface area contributed by atoms with Crippen molar-refractivity contribution in [3.63, 3.8) is 0 Å². The molecule has 0 spiro atoms. The molecule has 0 radical (unpaired) electrons. The fourth-order valence-corrected chi connectivity index (χ4v) is 1.17. The number of hydrazine groups is 1. The highest BCUT2D eigenvalue weighted by Gasteiger charge is 2.27. The first kappa shape index (κ1) is 10.5. The lowest BCUT2D eigenvalue weighted by Crippen LogP contribution is -2.48. The fourth-order valence-electron chi connectivity index (χ4n) is 1.17. The smallest absolute Gasteiger partial charge is 0.242 e. The van der Waals surface area contributed by atoms with Crippen molar-refractivity contribution >= 4 is 5.91 Å². The average molecular weight is 186 g/mol. The van der Waals surface area contributed by atoms with E-state index in [1.54, 1.807) is 5.01 Å². The monoisotopic (exact) mass is 186 g/mol. The number of hydrogen-bond acceptors (Lipinski definition) is 3. The van der Waals surface area contributed by atoms with Gasteiger partial charge in [0, 0.05) is 12.0 Å². The number of ether oxygens (including phenoxy) is 1. The highest BCUT2D eigenvalue weighted by atomic mass is 16.5. The summed E-state index contributed by atoms with van der Waals surface area (Å²) >= 11 is 0. The molecule has 13 heavy (non-hydrogen) atoms. The topological polar surface area (TPSA) is 41.6 Å². The van der Waals surface area contributed by atoms with Crippen molar-refractivity contribution in [2.24, 2.45) is 5.41 Å². The fraction of sp³-hybridized carbons (Fsp3) is 0.889. The first-order valence-electron chi connectivity index (χ1n) is 4.65. The van der Waals surface area contributed by atoms with Crippen LogP contribution in [0.1, 0.15) is 20.8 Å². The second-order valence-electron chi connectivity index (χ2n) is 4.23. The molecule has 1 N–H and O–H groups in total. The van der Waals surface area contributed by atoms with Crippen molar-refractivity contribution in [3.8, 4) is 0 Å². The van der Waals surface area contributed by atoms with Crippen LogP contribution < -0.4 is 5.43 Å². The summed E-state index contributed by atoms with van der Waals surface area (Å²) in [5, 5.41) is 1.66. The molecule has 0 aromatic heterocycles. The summed E-state index contributed by atoms with van der Waals surface area (Å²) in [6, 6.07) is 0. The second-order valence-corrected chi connectivity index (χ2v) is 4.23. The largest absolute Gasteiger partial charge is 0.378 e. The quantitative estimate of drug-likeness (QED) is 0.595. The minimum Gasteiger partial charge on any atom is -0.378 e. The first-order chi connectivity index (χ1) is 6.02. The van der Waals surface area contributed by atoms with E-state index < -0.39 is 0 Å². The highest BCUT2D eigenvalue weighted by Crippen LogP contribution is 2.16. The molecular weight excluding hydrogens is 168 g/mol. The van der Waals surface area contributed by atoms with Crippen molar-refractivity contribution in [2.75, 3.05) is 26.3 Å². The van der Waals surface area contributed by atoms with Gasteiger partial charge in [0.2, 0.25) is 5.91 Å². The number of nitrogens with zero attached hydrogens (tertiary/aromatic N) is 1. The molecule has 1 aliphatic heterocycles. The molecule has 0 aromatic carbocycles. The van der Waals surface area contributed by atoms with Crippen LogP contribution in [0.4, 0.5) is 0 Å². The van der Waals surface area contributed by atoms with Gasteiger partial charge in [-0.2, -0.15) is 0 Å². The van der Waals surface area contributed by atoms with E-state index in [-0.39, 0.29) is 11.3 Å². The van der Waals surface area contributed by atoms with Crippen molar-refractivity contribution in [1.82, 2.24) is 10.4 Å². The molecule has 0 saturated carbocycles. The minimum atomic E-state index is -0.322. The Morgan fingerprint density at radius 3 is 2.69 bits per heavy atom. The van der Waals surface area contributed by atoms with Gasteiger partial charge in [-0.3, -0.25) is 9.80 Å². The summed E-state index contributed by atoms with van der Waals surface area (Å²) in [5.74, 6) is 0.123. The predicted octanol–water partition coefficient (Wildman–Crippen LogP) is 0.396. The molecule has 4 nitrogen and oxygen atoms in total. The maximum Gasteiger partial charge on any atom is 0.242 e. The van der Waals surface area contributed by atoms with Crippen LogP contribution in [-0.4, -0.2) is 37.2 Å². The minimum absolute atomic E-state index is 0.123. The van der Waals surface area contributed by atoms with E-state index in [1.807, 2.05) is 20.8 Å². The lowest BCUT2D eigenvalue weighted by atomic mass is 9.95. The predicted molar refractivity (Wildman–Crippen MR) is 50.0 cm³/mol. The Morgan fingerprint density at radius 2 is 2.08 bits per heavy atom. The zero-order valence-corrected chi connectivity index (χ0v) is 8.59. The molecule has 1 aliphatic rings. The van der Waals surface area contributed by atoms with Crippen molar-refractivity contribution in [2.45, 2.75) is 20.8 Å². The van der Waals surface area contributed by atoms with Crippen LogP contribution in [0.3, 0.4) is 0 Å². The normalized spacial score (nSPS) is 19.8. The van der Waals surface area contributed by atoms with Crippen molar-refractivity contribution < 1.29 is 9.53 Å². The second kappa shape index (κ2) is 4.07. The van der Waals surface area contributed by atoms with Gasteiger partial charge in [-0.15, -0.1) is 0 Å². The maximum absolute atomic E-state index is 11.8. The molecule has 0 aliphatic carbocycles. The third kappa shape index (κ3) is 2.97. The van der Waals surface area contributed by atoms with Gasteiger partial charge in [0.15, 0.2) is 0 Å². The molecule has 0 atom stereocenters. The van der Waals surface area contributed by atoms with Gasteiger partial charge in [0.05, 0.1) is 19.8 Å². The number of nitrogens with one attached hydrogen (secondary N) is 1. The first-order valence-corrected chi connectivity index (χ1v) is 4.65. The summed E-state index contributed by atoms with van der Waals surface area (Å²) in [5.41, 5.74) is 2.72. The maximum atomic E-state index is 11.8. The van der Waals surface area contributed by atoms with Crippen LogP contribution in [0.2, 0.25) is 0 Å². The van der Waals surface area contributed by atoms with Gasteiger partial charge in [0.25, 0.3) is 0 Å². The lowest BCUT2D eigenvalue weighted by molar-refractivity contribution is -0.142. The number of amides is 1. The zero-order valence-electron chi connectivity index (χ0n) is 8.59. The van der Waals surface area contributed by atoms with E-state index in [1.165, 1.54) is 0 Å². The van der Waals surface area contributed by atoms with Crippen molar-refractivity contribution in [3.05, 3.63) is 0 Å². The molecule has 1 saturated heterocycles. The van der Waals surface area contributed by atoms with Gasteiger partial charge in [-0.1, -0.05) is 20.8 Å². The van der Waals surface area contributed by atoms with Crippen LogP contribution in [0.15, 0.2) is 0 Å². The number of carbonyl (C=O) groups is 1. The average Bonchev–Trinajstić information content (AvgIpc) is 2.28. The summed E-state index contributed by atoms with van der Waals surface area (Å²) in [6.07, 6.45) is 0.